The third-order valence-electron chi connectivity index (χ3n) is 3.16. The zero-order chi connectivity index (χ0) is 16.7. The number of alkyl halides is 3. The van der Waals surface area contributed by atoms with Crippen molar-refractivity contribution in [3.05, 3.63) is 15.2 Å². The van der Waals surface area contributed by atoms with Crippen molar-refractivity contribution in [1.29, 1.82) is 0 Å². The molecule has 124 valence electrons. The fraction of sp³-hybridized carbons (Fsp3) is 0.692. The summed E-state index contributed by atoms with van der Waals surface area (Å²) in [6.45, 7) is 5.67. The van der Waals surface area contributed by atoms with E-state index in [1.807, 2.05) is 0 Å². The van der Waals surface area contributed by atoms with Gasteiger partial charge in [-0.05, 0) is 56.2 Å². The van der Waals surface area contributed by atoms with E-state index in [-0.39, 0.29) is 9.53 Å². The Balaban J connectivity index is 2.23. The maximum Gasteiger partial charge on any atom is 0.433 e. The van der Waals surface area contributed by atoms with E-state index in [9.17, 15) is 18.0 Å². The number of imidazole rings is 1. The van der Waals surface area contributed by atoms with Crippen LogP contribution in [0.4, 0.5) is 18.0 Å². The number of rotatable bonds is 1. The molecule has 1 fully saturated rings. The molecule has 1 aliphatic heterocycles. The monoisotopic (exact) mass is 431 g/mol. The Morgan fingerprint density at radius 1 is 1.41 bits per heavy atom. The molecule has 0 bridgehead atoms. The van der Waals surface area contributed by atoms with Crippen LogP contribution in [0.15, 0.2) is 0 Å². The van der Waals surface area contributed by atoms with Gasteiger partial charge in [-0.2, -0.15) is 13.2 Å². The lowest BCUT2D eigenvalue weighted by molar-refractivity contribution is -0.141. The number of carbonyl (C=O) groups is 1. The van der Waals surface area contributed by atoms with Gasteiger partial charge in [-0.25, -0.2) is 9.78 Å². The fourth-order valence-electron chi connectivity index (χ4n) is 2.30. The smallest absolute Gasteiger partial charge is 0.433 e. The molecule has 2 heterocycles. The first-order chi connectivity index (χ1) is 9.99. The number of H-pyrrole nitrogens is 1. The van der Waals surface area contributed by atoms with Crippen LogP contribution in [0, 0.1) is 3.70 Å². The summed E-state index contributed by atoms with van der Waals surface area (Å²) < 4.78 is 43.7. The molecule has 1 aromatic heterocycles. The standard InChI is InChI=1S/C13H17F3IN3O2/c1-12(2,3)22-11(21)20-6-4-5-7(20)10-18-8(9(17)19-10)13(14,15)16/h7H,4-6H2,1-3H3,(H,18,19). The summed E-state index contributed by atoms with van der Waals surface area (Å²) in [5, 5.41) is 0. The van der Waals surface area contributed by atoms with Crippen molar-refractivity contribution in [2.24, 2.45) is 0 Å². The van der Waals surface area contributed by atoms with Crippen molar-refractivity contribution in [2.75, 3.05) is 6.54 Å². The highest BCUT2D eigenvalue weighted by Crippen LogP contribution is 2.36. The van der Waals surface area contributed by atoms with E-state index < -0.39 is 29.6 Å². The fourth-order valence-corrected chi connectivity index (χ4v) is 3.01. The molecule has 22 heavy (non-hydrogen) atoms. The van der Waals surface area contributed by atoms with Crippen molar-refractivity contribution in [3.63, 3.8) is 0 Å². The molecule has 1 aliphatic rings. The van der Waals surface area contributed by atoms with E-state index in [1.165, 1.54) is 4.90 Å². The van der Waals surface area contributed by atoms with Gasteiger partial charge in [0.15, 0.2) is 5.69 Å². The first-order valence-electron chi connectivity index (χ1n) is 6.81. The number of nitrogens with one attached hydrogen (secondary N) is 1. The molecule has 0 aromatic carbocycles. The SMILES string of the molecule is CC(C)(C)OC(=O)N1CCCC1c1nc(I)c(C(F)(F)F)[nH]1. The van der Waals surface area contributed by atoms with Gasteiger partial charge in [0.2, 0.25) is 0 Å². The topological polar surface area (TPSA) is 58.2 Å². The molecular formula is C13H17F3IN3O2. The first kappa shape index (κ1) is 17.4. The largest absolute Gasteiger partial charge is 0.444 e. The molecule has 1 saturated heterocycles. The Morgan fingerprint density at radius 3 is 2.55 bits per heavy atom. The molecule has 1 atom stereocenters. The lowest BCUT2D eigenvalue weighted by atomic mass is 10.2. The predicted octanol–water partition coefficient (Wildman–Crippen LogP) is 4.11. The highest BCUT2D eigenvalue weighted by atomic mass is 127. The molecule has 0 spiro atoms. The van der Waals surface area contributed by atoms with Gasteiger partial charge in [-0.3, -0.25) is 4.90 Å². The van der Waals surface area contributed by atoms with Crippen LogP contribution in [-0.2, 0) is 10.9 Å². The zero-order valence-corrected chi connectivity index (χ0v) is 14.6. The van der Waals surface area contributed by atoms with Gasteiger partial charge in [0.1, 0.15) is 15.1 Å². The quantitative estimate of drug-likeness (QED) is 0.682. The third kappa shape index (κ3) is 3.85. The van der Waals surface area contributed by atoms with Crippen LogP contribution in [0.1, 0.15) is 51.2 Å². The minimum absolute atomic E-state index is 0.142. The van der Waals surface area contributed by atoms with Crippen molar-refractivity contribution in [3.8, 4) is 0 Å². The maximum absolute atomic E-state index is 12.8. The van der Waals surface area contributed by atoms with E-state index in [0.29, 0.717) is 19.4 Å². The van der Waals surface area contributed by atoms with Crippen LogP contribution in [0.3, 0.4) is 0 Å². The molecule has 5 nitrogen and oxygen atoms in total. The Kier molecular flexibility index (Phi) is 4.65. The minimum atomic E-state index is -4.49. The number of hydrogen-bond donors (Lipinski definition) is 1. The number of nitrogens with zero attached hydrogens (tertiary/aromatic N) is 2. The van der Waals surface area contributed by atoms with Crippen LogP contribution < -0.4 is 0 Å². The molecule has 1 unspecified atom stereocenters. The van der Waals surface area contributed by atoms with Gasteiger partial charge in [-0.1, -0.05) is 0 Å². The number of aromatic amines is 1. The predicted molar refractivity (Wildman–Crippen MR) is 81.2 cm³/mol. The third-order valence-corrected chi connectivity index (χ3v) is 3.94. The van der Waals surface area contributed by atoms with Gasteiger partial charge in [-0.15, -0.1) is 0 Å². The Morgan fingerprint density at radius 2 is 2.05 bits per heavy atom. The summed E-state index contributed by atoms with van der Waals surface area (Å²) in [5.74, 6) is 0.153. The molecule has 0 saturated carbocycles. The number of halogens is 4. The van der Waals surface area contributed by atoms with Crippen LogP contribution >= 0.6 is 22.6 Å². The summed E-state index contributed by atoms with van der Waals surface area (Å²) in [4.78, 5) is 19.9. The van der Waals surface area contributed by atoms with Gasteiger partial charge in [0, 0.05) is 6.54 Å². The van der Waals surface area contributed by atoms with Crippen molar-refractivity contribution in [1.82, 2.24) is 14.9 Å². The van der Waals surface area contributed by atoms with E-state index in [0.717, 1.165) is 0 Å². The summed E-state index contributed by atoms with van der Waals surface area (Å²) in [5.41, 5.74) is -1.53. The average Bonchev–Trinajstić information content (AvgIpc) is 2.90. The molecule has 1 amide bonds. The second-order valence-electron chi connectivity index (χ2n) is 6.12. The average molecular weight is 431 g/mol. The molecule has 0 aliphatic carbocycles. The van der Waals surface area contributed by atoms with Gasteiger partial charge in [0.05, 0.1) is 6.04 Å². The minimum Gasteiger partial charge on any atom is -0.444 e. The first-order valence-corrected chi connectivity index (χ1v) is 7.89. The van der Waals surface area contributed by atoms with Crippen LogP contribution in [0.2, 0.25) is 0 Å². The van der Waals surface area contributed by atoms with Crippen molar-refractivity contribution >= 4 is 28.7 Å². The number of likely N-dealkylation sites (tertiary alicyclic amines) is 1. The number of amides is 1. The van der Waals surface area contributed by atoms with E-state index >= 15 is 0 Å². The molecule has 2 rings (SSSR count). The number of aromatic nitrogens is 2. The van der Waals surface area contributed by atoms with Crippen molar-refractivity contribution in [2.45, 2.75) is 51.4 Å². The summed E-state index contributed by atoms with van der Waals surface area (Å²) in [7, 11) is 0. The lowest BCUT2D eigenvalue weighted by Crippen LogP contribution is -2.36. The molecule has 1 N–H and O–H groups in total. The molecule has 9 heteroatoms. The Labute approximate surface area is 139 Å². The van der Waals surface area contributed by atoms with Crippen LogP contribution in [0.25, 0.3) is 0 Å². The number of hydrogen-bond acceptors (Lipinski definition) is 3. The second kappa shape index (κ2) is 5.89. The Hall–Kier alpha value is -1.00. The maximum atomic E-state index is 12.8. The van der Waals surface area contributed by atoms with E-state index in [4.69, 9.17) is 4.74 Å². The van der Waals surface area contributed by atoms with E-state index in [2.05, 4.69) is 9.97 Å². The van der Waals surface area contributed by atoms with E-state index in [1.54, 1.807) is 43.4 Å². The van der Waals surface area contributed by atoms with Gasteiger partial charge < -0.3 is 9.72 Å². The summed E-state index contributed by atoms with van der Waals surface area (Å²) >= 11 is 1.54. The van der Waals surface area contributed by atoms with Crippen LogP contribution in [0.5, 0.6) is 0 Å². The Bertz CT molecular complexity index is 566. The molecule has 0 radical (unpaired) electrons. The van der Waals surface area contributed by atoms with Crippen LogP contribution in [-0.4, -0.2) is 33.1 Å². The summed E-state index contributed by atoms with van der Waals surface area (Å²) in [6, 6.07) is -0.514. The second-order valence-corrected chi connectivity index (χ2v) is 7.14. The number of carbonyl (C=O) groups excluding carboxylic acids is 1. The summed E-state index contributed by atoms with van der Waals surface area (Å²) in [6.07, 6.45) is -3.77. The normalized spacial score (nSPS) is 19.6. The lowest BCUT2D eigenvalue weighted by Gasteiger charge is -2.27. The molecular weight excluding hydrogens is 414 g/mol. The molecule has 1 aromatic rings. The highest BCUT2D eigenvalue weighted by molar-refractivity contribution is 14.1. The zero-order valence-electron chi connectivity index (χ0n) is 12.4. The highest BCUT2D eigenvalue weighted by Gasteiger charge is 2.40. The van der Waals surface area contributed by atoms with Gasteiger partial charge in [0.25, 0.3) is 0 Å². The van der Waals surface area contributed by atoms with Crippen molar-refractivity contribution < 1.29 is 22.7 Å². The van der Waals surface area contributed by atoms with Gasteiger partial charge >= 0.3 is 12.3 Å². The number of ether oxygens (including phenoxy) is 1.